The highest BCUT2D eigenvalue weighted by atomic mass is 16.5. The zero-order valence-corrected chi connectivity index (χ0v) is 12.3. The third-order valence-electron chi connectivity index (χ3n) is 1.60. The van der Waals surface area contributed by atoms with Gasteiger partial charge in [-0.2, -0.15) is 20.8 Å². The van der Waals surface area contributed by atoms with Gasteiger partial charge in [-0.25, -0.2) is 4.79 Å². The summed E-state index contributed by atoms with van der Waals surface area (Å²) in [5, 5.41) is 32.8. The number of hydrogen-bond acceptors (Lipinski definition) is 7. The number of azo groups is 1. The molecule has 0 aromatic rings. The minimum Gasteiger partial charge on any atom is -0.460 e. The number of rotatable bonds is 5. The Hall–Kier alpha value is -2.25. The van der Waals surface area contributed by atoms with Gasteiger partial charge < -0.3 is 9.84 Å². The van der Waals surface area contributed by atoms with Crippen molar-refractivity contribution in [2.24, 2.45) is 10.2 Å². The second kappa shape index (κ2) is 9.65. The molecule has 0 amide bonds. The summed E-state index contributed by atoms with van der Waals surface area (Å²) >= 11 is 0. The minimum atomic E-state index is -0.839. The van der Waals surface area contributed by atoms with Crippen LogP contribution in [-0.4, -0.2) is 35.4 Å². The average molecular weight is 280 g/mol. The van der Waals surface area contributed by atoms with E-state index in [1.54, 1.807) is 27.7 Å². The fourth-order valence-electron chi connectivity index (χ4n) is 0.500. The maximum Gasteiger partial charge on any atom is 0.330 e. The number of ether oxygens (including phenoxy) is 1. The van der Waals surface area contributed by atoms with Crippen molar-refractivity contribution in [1.82, 2.24) is 0 Å². The summed E-state index contributed by atoms with van der Waals surface area (Å²) < 4.78 is 4.33. The van der Waals surface area contributed by atoms with Crippen LogP contribution in [-0.2, 0) is 9.53 Å². The molecule has 0 aromatic heterocycles. The van der Waals surface area contributed by atoms with Crippen LogP contribution in [0, 0.1) is 22.7 Å². The maximum absolute atomic E-state index is 10.1. The van der Waals surface area contributed by atoms with Crippen LogP contribution in [0.4, 0.5) is 0 Å². The van der Waals surface area contributed by atoms with Gasteiger partial charge in [0.25, 0.3) is 0 Å². The molecule has 0 saturated carbocycles. The number of nitrogens with zero attached hydrogens (tertiary/aromatic N) is 4. The van der Waals surface area contributed by atoms with Crippen molar-refractivity contribution in [2.75, 3.05) is 13.2 Å². The molecule has 0 rings (SSSR count). The van der Waals surface area contributed by atoms with Crippen LogP contribution in [0.25, 0.3) is 0 Å². The Kier molecular flexibility index (Phi) is 9.69. The molecule has 0 fully saturated rings. The molecule has 0 aromatic carbocycles. The van der Waals surface area contributed by atoms with Gasteiger partial charge >= 0.3 is 5.97 Å². The lowest BCUT2D eigenvalue weighted by atomic mass is 10.1. The molecule has 0 aliphatic carbocycles. The molecule has 0 radical (unpaired) electrons. The smallest absolute Gasteiger partial charge is 0.330 e. The number of aliphatic hydroxyl groups is 1. The van der Waals surface area contributed by atoms with Crippen molar-refractivity contribution >= 4 is 5.97 Å². The maximum atomic E-state index is 10.1. The molecule has 0 heterocycles. The quantitative estimate of drug-likeness (QED) is 0.467. The molecular weight excluding hydrogens is 260 g/mol. The van der Waals surface area contributed by atoms with E-state index >= 15 is 0 Å². The Morgan fingerprint density at radius 1 is 1.25 bits per heavy atom. The second-order valence-electron chi connectivity index (χ2n) is 4.64. The van der Waals surface area contributed by atoms with Gasteiger partial charge in [-0.3, -0.25) is 0 Å². The van der Waals surface area contributed by atoms with Gasteiger partial charge in [0, 0.05) is 6.08 Å². The fourth-order valence-corrected chi connectivity index (χ4v) is 0.500. The number of nitriles is 2. The molecule has 110 valence electrons. The third kappa shape index (κ3) is 12.2. The first kappa shape index (κ1) is 20.1. The number of carbonyl (C=O) groups excluding carboxylic acids is 1. The van der Waals surface area contributed by atoms with E-state index in [1.807, 2.05) is 12.1 Å². The van der Waals surface area contributed by atoms with Crippen LogP contribution in [0.5, 0.6) is 0 Å². The van der Waals surface area contributed by atoms with Crippen LogP contribution in [0.1, 0.15) is 27.7 Å². The summed E-state index contributed by atoms with van der Waals surface area (Å²) in [5.74, 6) is -0.501. The molecular formula is C13H20N4O3. The summed E-state index contributed by atoms with van der Waals surface area (Å²) in [6, 6.07) is 3.94. The van der Waals surface area contributed by atoms with E-state index in [9.17, 15) is 4.79 Å². The SMILES string of the molecule is C=CC(=O)OCCO.CC(C)(C#N)N=NC(C)(C)C#N. The van der Waals surface area contributed by atoms with Gasteiger partial charge in [0.2, 0.25) is 0 Å². The van der Waals surface area contributed by atoms with Crippen LogP contribution in [0.2, 0.25) is 0 Å². The van der Waals surface area contributed by atoms with E-state index in [2.05, 4.69) is 21.5 Å². The lowest BCUT2D eigenvalue weighted by Crippen LogP contribution is -2.17. The summed E-state index contributed by atoms with van der Waals surface area (Å²) in [7, 11) is 0. The first-order valence-electron chi connectivity index (χ1n) is 5.80. The number of carbonyl (C=O) groups is 1. The first-order chi connectivity index (χ1) is 9.14. The lowest BCUT2D eigenvalue weighted by molar-refractivity contribution is -0.138. The highest BCUT2D eigenvalue weighted by molar-refractivity contribution is 5.81. The molecule has 20 heavy (non-hydrogen) atoms. The molecule has 0 bridgehead atoms. The van der Waals surface area contributed by atoms with Crippen molar-refractivity contribution in [3.63, 3.8) is 0 Å². The Morgan fingerprint density at radius 3 is 1.90 bits per heavy atom. The zero-order chi connectivity index (χ0) is 16.2. The molecule has 0 aliphatic heterocycles. The van der Waals surface area contributed by atoms with Crippen LogP contribution in [0.15, 0.2) is 22.9 Å². The molecule has 0 unspecified atom stereocenters. The summed E-state index contributed by atoms with van der Waals surface area (Å²) in [6.07, 6.45) is 1.05. The van der Waals surface area contributed by atoms with Crippen molar-refractivity contribution in [3.8, 4) is 12.1 Å². The highest BCUT2D eigenvalue weighted by Crippen LogP contribution is 2.13. The number of aliphatic hydroxyl groups excluding tert-OH is 1. The van der Waals surface area contributed by atoms with Crippen LogP contribution in [0.3, 0.4) is 0 Å². The zero-order valence-electron chi connectivity index (χ0n) is 12.3. The van der Waals surface area contributed by atoms with E-state index in [4.69, 9.17) is 15.6 Å². The van der Waals surface area contributed by atoms with Gasteiger partial charge in [0.15, 0.2) is 11.1 Å². The molecule has 7 heteroatoms. The van der Waals surface area contributed by atoms with Gasteiger partial charge in [0.1, 0.15) is 6.61 Å². The van der Waals surface area contributed by atoms with E-state index in [0.717, 1.165) is 6.08 Å². The van der Waals surface area contributed by atoms with Crippen molar-refractivity contribution in [3.05, 3.63) is 12.7 Å². The van der Waals surface area contributed by atoms with Gasteiger partial charge in [-0.15, -0.1) is 0 Å². The standard InChI is InChI=1S/C8H12N4.C5H8O3/c1-7(2,5-9)11-12-8(3,4)6-10;1-2-5(7)8-4-3-6/h1-4H3;2,6H,1,3-4H2. The monoisotopic (exact) mass is 280 g/mol. The Morgan fingerprint density at radius 2 is 1.65 bits per heavy atom. The summed E-state index contributed by atoms with van der Waals surface area (Å²) in [6.45, 7) is 9.64. The predicted molar refractivity (Wildman–Crippen MR) is 72.5 cm³/mol. The largest absolute Gasteiger partial charge is 0.460 e. The van der Waals surface area contributed by atoms with E-state index in [1.165, 1.54) is 0 Å². The Balaban J connectivity index is 0. The van der Waals surface area contributed by atoms with Gasteiger partial charge in [-0.05, 0) is 27.7 Å². The predicted octanol–water partition coefficient (Wildman–Crippen LogP) is 1.75. The number of esters is 1. The van der Waals surface area contributed by atoms with E-state index in [0.29, 0.717) is 0 Å². The average Bonchev–Trinajstić information content (AvgIpc) is 2.43. The normalized spacial score (nSPS) is 10.8. The second-order valence-corrected chi connectivity index (χ2v) is 4.64. The molecule has 0 saturated heterocycles. The van der Waals surface area contributed by atoms with Crippen molar-refractivity contribution in [2.45, 2.75) is 38.8 Å². The highest BCUT2D eigenvalue weighted by Gasteiger charge is 2.19. The molecule has 0 atom stereocenters. The minimum absolute atomic E-state index is 0.0465. The topological polar surface area (TPSA) is 119 Å². The molecule has 7 nitrogen and oxygen atoms in total. The molecule has 0 aliphatic rings. The van der Waals surface area contributed by atoms with Crippen molar-refractivity contribution < 1.29 is 14.6 Å². The fraction of sp³-hybridized carbons (Fsp3) is 0.615. The Bertz CT molecular complexity index is 400. The van der Waals surface area contributed by atoms with Gasteiger partial charge in [-0.1, -0.05) is 6.58 Å². The van der Waals surface area contributed by atoms with E-state index in [-0.39, 0.29) is 13.2 Å². The molecule has 0 spiro atoms. The van der Waals surface area contributed by atoms with E-state index < -0.39 is 17.0 Å². The van der Waals surface area contributed by atoms with Crippen molar-refractivity contribution in [1.29, 1.82) is 10.5 Å². The summed E-state index contributed by atoms with van der Waals surface area (Å²) in [4.78, 5) is 10.1. The molecule has 1 N–H and O–H groups in total. The van der Waals surface area contributed by atoms with Gasteiger partial charge in [0.05, 0.1) is 18.7 Å². The third-order valence-corrected chi connectivity index (χ3v) is 1.60. The van der Waals surface area contributed by atoms with Crippen LogP contribution < -0.4 is 0 Å². The van der Waals surface area contributed by atoms with Crippen LogP contribution >= 0.6 is 0 Å². The lowest BCUT2D eigenvalue weighted by Gasteiger charge is -2.11. The first-order valence-corrected chi connectivity index (χ1v) is 5.80. The number of hydrogen-bond donors (Lipinski definition) is 1. The Labute approximate surface area is 119 Å². The summed E-state index contributed by atoms with van der Waals surface area (Å²) in [5.41, 5.74) is -1.68.